The predicted molar refractivity (Wildman–Crippen MR) is 79.8 cm³/mol. The van der Waals surface area contributed by atoms with Gasteiger partial charge < -0.3 is 10.0 Å². The molecule has 18 heavy (non-hydrogen) atoms. The number of hydrogen-bond acceptors (Lipinski definition) is 2. The third-order valence-corrected chi connectivity index (χ3v) is 4.58. The molecule has 1 fully saturated rings. The van der Waals surface area contributed by atoms with Crippen LogP contribution in [0.4, 0.5) is 5.69 Å². The van der Waals surface area contributed by atoms with Crippen molar-refractivity contribution in [1.82, 2.24) is 0 Å². The number of anilines is 1. The minimum absolute atomic E-state index is 0.101. The van der Waals surface area contributed by atoms with Crippen LogP contribution in [0.25, 0.3) is 0 Å². The van der Waals surface area contributed by atoms with Gasteiger partial charge in [-0.15, -0.1) is 0 Å². The largest absolute Gasteiger partial charge is 0.392 e. The maximum absolute atomic E-state index is 9.13. The predicted octanol–water partition coefficient (Wildman–Crippen LogP) is 3.81. The average Bonchev–Trinajstić information content (AvgIpc) is 2.77. The highest BCUT2D eigenvalue weighted by Gasteiger charge is 2.32. The van der Waals surface area contributed by atoms with E-state index in [2.05, 4.69) is 47.7 Å². The molecular formula is C15H22BrNO. The lowest BCUT2D eigenvalue weighted by molar-refractivity contribution is 0.263. The molecule has 0 saturated carbocycles. The second-order valence-electron chi connectivity index (χ2n) is 6.24. The van der Waals surface area contributed by atoms with E-state index in [-0.39, 0.29) is 6.61 Å². The first kappa shape index (κ1) is 13.9. The standard InChI is InChI=1S/C15H22BrNO/c1-15(2,3)12-6-7-17(9-12)14-5-4-11(10-18)8-13(14)16/h4-5,8,12,18H,6-7,9-10H2,1-3H3. The molecule has 100 valence electrons. The zero-order chi connectivity index (χ0) is 13.3. The molecule has 1 N–H and O–H groups in total. The van der Waals surface area contributed by atoms with Crippen LogP contribution < -0.4 is 4.90 Å². The summed E-state index contributed by atoms with van der Waals surface area (Å²) in [4.78, 5) is 2.45. The van der Waals surface area contributed by atoms with Crippen LogP contribution in [0, 0.1) is 11.3 Å². The van der Waals surface area contributed by atoms with Crippen molar-refractivity contribution in [1.29, 1.82) is 0 Å². The van der Waals surface area contributed by atoms with E-state index in [4.69, 9.17) is 5.11 Å². The van der Waals surface area contributed by atoms with Gasteiger partial charge >= 0.3 is 0 Å². The van der Waals surface area contributed by atoms with Crippen LogP contribution in [0.1, 0.15) is 32.8 Å². The lowest BCUT2D eigenvalue weighted by Gasteiger charge is -2.28. The summed E-state index contributed by atoms with van der Waals surface area (Å²) in [7, 11) is 0. The molecule has 1 aliphatic heterocycles. The lowest BCUT2D eigenvalue weighted by atomic mass is 9.80. The molecule has 2 rings (SSSR count). The van der Waals surface area contributed by atoms with Crippen LogP contribution in [0.3, 0.4) is 0 Å². The van der Waals surface area contributed by atoms with Crippen LogP contribution in [0.15, 0.2) is 22.7 Å². The molecule has 1 aromatic carbocycles. The molecule has 1 unspecified atom stereocenters. The van der Waals surface area contributed by atoms with Gasteiger partial charge in [-0.05, 0) is 51.4 Å². The Morgan fingerprint density at radius 2 is 2.11 bits per heavy atom. The minimum atomic E-state index is 0.101. The van der Waals surface area contributed by atoms with E-state index in [0.29, 0.717) is 5.41 Å². The molecule has 0 amide bonds. The maximum Gasteiger partial charge on any atom is 0.0682 e. The van der Waals surface area contributed by atoms with Crippen LogP contribution in [0.5, 0.6) is 0 Å². The van der Waals surface area contributed by atoms with Gasteiger partial charge in [-0.3, -0.25) is 0 Å². The Kier molecular flexibility index (Phi) is 4.02. The molecule has 1 atom stereocenters. The van der Waals surface area contributed by atoms with E-state index < -0.39 is 0 Å². The Bertz CT molecular complexity index is 425. The number of nitrogens with zero attached hydrogens (tertiary/aromatic N) is 1. The summed E-state index contributed by atoms with van der Waals surface area (Å²) in [6.45, 7) is 9.32. The number of rotatable bonds is 2. The first-order valence-electron chi connectivity index (χ1n) is 6.56. The Hall–Kier alpha value is -0.540. The molecule has 1 aromatic rings. The lowest BCUT2D eigenvalue weighted by Crippen LogP contribution is -2.26. The number of hydrogen-bond donors (Lipinski definition) is 1. The van der Waals surface area contributed by atoms with Gasteiger partial charge in [0.05, 0.1) is 12.3 Å². The van der Waals surface area contributed by atoms with Crippen LogP contribution >= 0.6 is 15.9 Å². The van der Waals surface area contributed by atoms with E-state index in [1.54, 1.807) is 0 Å². The zero-order valence-corrected chi connectivity index (χ0v) is 13.0. The molecule has 0 aliphatic carbocycles. The van der Waals surface area contributed by atoms with Crippen LogP contribution in [-0.4, -0.2) is 18.2 Å². The normalized spacial score (nSPS) is 20.5. The molecule has 2 nitrogen and oxygen atoms in total. The van der Waals surface area contributed by atoms with Gasteiger partial charge in [0.15, 0.2) is 0 Å². The summed E-state index contributed by atoms with van der Waals surface area (Å²) in [5, 5.41) is 9.13. The van der Waals surface area contributed by atoms with E-state index in [0.717, 1.165) is 29.0 Å². The van der Waals surface area contributed by atoms with Crippen LogP contribution in [0.2, 0.25) is 0 Å². The Morgan fingerprint density at radius 1 is 1.39 bits per heavy atom. The monoisotopic (exact) mass is 311 g/mol. The van der Waals surface area contributed by atoms with E-state index in [1.165, 1.54) is 12.1 Å². The highest BCUT2D eigenvalue weighted by molar-refractivity contribution is 9.10. The van der Waals surface area contributed by atoms with E-state index in [1.807, 2.05) is 12.1 Å². The van der Waals surface area contributed by atoms with E-state index >= 15 is 0 Å². The minimum Gasteiger partial charge on any atom is -0.392 e. The van der Waals surface area contributed by atoms with Crippen molar-refractivity contribution in [3.05, 3.63) is 28.2 Å². The number of benzene rings is 1. The average molecular weight is 312 g/mol. The van der Waals surface area contributed by atoms with Gasteiger partial charge in [0.2, 0.25) is 0 Å². The van der Waals surface area contributed by atoms with Gasteiger partial charge in [0.25, 0.3) is 0 Å². The zero-order valence-electron chi connectivity index (χ0n) is 11.4. The quantitative estimate of drug-likeness (QED) is 0.897. The van der Waals surface area contributed by atoms with Gasteiger partial charge in [0, 0.05) is 17.6 Å². The first-order valence-corrected chi connectivity index (χ1v) is 7.35. The number of halogens is 1. The molecule has 3 heteroatoms. The highest BCUT2D eigenvalue weighted by atomic mass is 79.9. The molecule has 0 spiro atoms. The summed E-state index contributed by atoms with van der Waals surface area (Å²) >= 11 is 3.62. The Labute approximate surface area is 118 Å². The van der Waals surface area contributed by atoms with Crippen molar-refractivity contribution < 1.29 is 5.11 Å². The van der Waals surface area contributed by atoms with Gasteiger partial charge in [-0.25, -0.2) is 0 Å². The van der Waals surface area contributed by atoms with Crippen molar-refractivity contribution in [2.24, 2.45) is 11.3 Å². The summed E-state index contributed by atoms with van der Waals surface area (Å²) in [6.07, 6.45) is 1.26. The third-order valence-electron chi connectivity index (χ3n) is 3.95. The second kappa shape index (κ2) is 5.22. The number of aliphatic hydroxyl groups excluding tert-OH is 1. The fourth-order valence-electron chi connectivity index (χ4n) is 2.59. The van der Waals surface area contributed by atoms with Crippen molar-refractivity contribution in [3.8, 4) is 0 Å². The molecular weight excluding hydrogens is 290 g/mol. The fraction of sp³-hybridized carbons (Fsp3) is 0.600. The maximum atomic E-state index is 9.13. The topological polar surface area (TPSA) is 23.5 Å². The molecule has 0 radical (unpaired) electrons. The SMILES string of the molecule is CC(C)(C)C1CCN(c2ccc(CO)cc2Br)C1. The second-order valence-corrected chi connectivity index (χ2v) is 7.10. The highest BCUT2D eigenvalue weighted by Crippen LogP contribution is 2.38. The first-order chi connectivity index (χ1) is 8.41. The smallest absolute Gasteiger partial charge is 0.0682 e. The van der Waals surface area contributed by atoms with E-state index in [9.17, 15) is 0 Å². The Balaban J connectivity index is 2.14. The third kappa shape index (κ3) is 2.89. The van der Waals surface area contributed by atoms with Gasteiger partial charge in [-0.1, -0.05) is 26.8 Å². The van der Waals surface area contributed by atoms with Crippen molar-refractivity contribution in [2.75, 3.05) is 18.0 Å². The summed E-state index contributed by atoms with van der Waals surface area (Å²) < 4.78 is 1.09. The van der Waals surface area contributed by atoms with Crippen molar-refractivity contribution in [2.45, 2.75) is 33.8 Å². The van der Waals surface area contributed by atoms with Crippen molar-refractivity contribution in [3.63, 3.8) is 0 Å². The summed E-state index contributed by atoms with van der Waals surface area (Å²) in [5.41, 5.74) is 2.59. The Morgan fingerprint density at radius 3 is 2.61 bits per heavy atom. The summed E-state index contributed by atoms with van der Waals surface area (Å²) in [6, 6.07) is 6.13. The number of aliphatic hydroxyl groups is 1. The molecule has 1 heterocycles. The fourth-order valence-corrected chi connectivity index (χ4v) is 3.27. The van der Waals surface area contributed by atoms with Gasteiger partial charge in [0.1, 0.15) is 0 Å². The van der Waals surface area contributed by atoms with Gasteiger partial charge in [-0.2, -0.15) is 0 Å². The molecule has 0 aromatic heterocycles. The summed E-state index contributed by atoms with van der Waals surface area (Å²) in [5.74, 6) is 0.752. The van der Waals surface area contributed by atoms with Crippen molar-refractivity contribution >= 4 is 21.6 Å². The molecule has 0 bridgehead atoms. The molecule has 1 saturated heterocycles. The van der Waals surface area contributed by atoms with Crippen LogP contribution in [-0.2, 0) is 6.61 Å². The molecule has 1 aliphatic rings.